The second-order valence-electron chi connectivity index (χ2n) is 25.0. The van der Waals surface area contributed by atoms with Crippen molar-refractivity contribution in [1.82, 2.24) is 9.80 Å². The van der Waals surface area contributed by atoms with Gasteiger partial charge in [-0.25, -0.2) is 0 Å². The number of hydrogen-bond acceptors (Lipinski definition) is 2. The summed E-state index contributed by atoms with van der Waals surface area (Å²) in [4.78, 5) is 6.99. The van der Waals surface area contributed by atoms with Gasteiger partial charge in [-0.05, 0) is 210 Å². The van der Waals surface area contributed by atoms with Crippen LogP contribution in [0.5, 0.6) is 0 Å². The molecule has 0 heterocycles. The highest BCUT2D eigenvalue weighted by atomic mass is 15.3. The van der Waals surface area contributed by atoms with Crippen molar-refractivity contribution in [1.29, 1.82) is 0 Å². The molecule has 7 saturated carbocycles. The number of nitrogens with zero attached hydrogens (tertiary/aromatic N) is 2. The Hall–Kier alpha value is -0.0800. The Bertz CT molecular complexity index is 1140. The van der Waals surface area contributed by atoms with Crippen molar-refractivity contribution in [2.75, 3.05) is 0 Å². The van der Waals surface area contributed by atoms with Gasteiger partial charge >= 0.3 is 0 Å². The zero-order valence-electron chi connectivity index (χ0n) is 38.4. The Morgan fingerprint density at radius 1 is 0.315 bits per heavy atom. The van der Waals surface area contributed by atoms with E-state index in [-0.39, 0.29) is 0 Å². The van der Waals surface area contributed by atoms with Crippen molar-refractivity contribution >= 4 is 0 Å². The summed E-state index contributed by atoms with van der Waals surface area (Å²) < 4.78 is 0. The van der Waals surface area contributed by atoms with Gasteiger partial charge in [0.2, 0.25) is 0 Å². The lowest BCUT2D eigenvalue weighted by atomic mass is 9.49. The molecule has 7 fully saturated rings. The van der Waals surface area contributed by atoms with Crippen LogP contribution in [0.1, 0.15) is 212 Å². The second kappa shape index (κ2) is 16.9. The molecule has 0 aliphatic heterocycles. The molecule has 0 spiro atoms. The van der Waals surface area contributed by atoms with Gasteiger partial charge in [0, 0.05) is 36.3 Å². The van der Waals surface area contributed by atoms with Crippen LogP contribution in [0.25, 0.3) is 0 Å². The quantitative estimate of drug-likeness (QED) is 0.267. The van der Waals surface area contributed by atoms with Crippen LogP contribution in [0.2, 0.25) is 0 Å². The minimum atomic E-state index is 0.413. The first-order valence-electron chi connectivity index (χ1n) is 25.1. The average molecular weight is 747 g/mol. The molecule has 0 bridgehead atoms. The summed E-state index contributed by atoms with van der Waals surface area (Å²) in [6, 6.07) is 4.92. The Morgan fingerprint density at radius 2 is 0.648 bits per heavy atom. The molecule has 10 unspecified atom stereocenters. The van der Waals surface area contributed by atoms with E-state index in [1.165, 1.54) is 128 Å². The molecule has 0 aromatic heterocycles. The minimum absolute atomic E-state index is 0.413. The van der Waals surface area contributed by atoms with E-state index in [1.54, 1.807) is 0 Å². The lowest BCUT2D eigenvalue weighted by Crippen LogP contribution is -2.70. The van der Waals surface area contributed by atoms with E-state index in [9.17, 15) is 0 Å². The Kier molecular flexibility index (Phi) is 13.1. The van der Waals surface area contributed by atoms with Gasteiger partial charge < -0.3 is 0 Å². The van der Waals surface area contributed by atoms with E-state index in [0.29, 0.717) is 10.8 Å². The zero-order chi connectivity index (χ0) is 38.7. The van der Waals surface area contributed by atoms with Crippen LogP contribution in [0.3, 0.4) is 0 Å². The molecule has 0 aromatic carbocycles. The lowest BCUT2D eigenvalue weighted by molar-refractivity contribution is -0.173. The van der Waals surface area contributed by atoms with Crippen molar-refractivity contribution in [2.45, 2.75) is 248 Å². The monoisotopic (exact) mass is 747 g/mol. The molecule has 2 heteroatoms. The molecule has 0 N–H and O–H groups in total. The molecule has 0 saturated heterocycles. The molecule has 10 atom stereocenters. The van der Waals surface area contributed by atoms with Crippen molar-refractivity contribution in [2.24, 2.45) is 81.8 Å². The predicted molar refractivity (Wildman–Crippen MR) is 234 cm³/mol. The van der Waals surface area contributed by atoms with E-state index in [2.05, 4.69) is 92.9 Å². The third-order valence-electron chi connectivity index (χ3n) is 19.1. The van der Waals surface area contributed by atoms with Crippen molar-refractivity contribution in [3.63, 3.8) is 0 Å². The van der Waals surface area contributed by atoms with Gasteiger partial charge in [-0.2, -0.15) is 0 Å². The summed E-state index contributed by atoms with van der Waals surface area (Å²) in [5, 5.41) is 0. The third kappa shape index (κ3) is 8.77. The van der Waals surface area contributed by atoms with E-state index in [4.69, 9.17) is 0 Å². The molecule has 0 amide bonds. The van der Waals surface area contributed by atoms with Crippen LogP contribution >= 0.6 is 0 Å². The molecule has 0 aromatic rings. The number of rotatable bonds is 6. The molecule has 7 rings (SSSR count). The Labute approximate surface area is 338 Å². The van der Waals surface area contributed by atoms with Gasteiger partial charge in [0.25, 0.3) is 0 Å². The standard InChI is InChI=1S/C52H94N2/c1-33-13-21-41(22-14-33)53(42-23-15-34(2)16-24-42)49-44-27-19-40(52(10,11)12)32-47(44)50(45-28-20-39(31-46(45)49)51(7,8)9)54(43-25-17-35(3)18-26-43)48-37(5)29-36(4)30-38(48)6/h33-50H,13-32H2,1-12H3. The van der Waals surface area contributed by atoms with E-state index >= 15 is 0 Å². The van der Waals surface area contributed by atoms with Gasteiger partial charge in [-0.3, -0.25) is 9.80 Å². The van der Waals surface area contributed by atoms with Crippen molar-refractivity contribution in [3.8, 4) is 0 Å². The fourth-order valence-corrected chi connectivity index (χ4v) is 16.1. The molecule has 0 radical (unpaired) electrons. The summed E-state index contributed by atoms with van der Waals surface area (Å²) in [5.74, 6) is 10.6. The van der Waals surface area contributed by atoms with Crippen LogP contribution in [0.15, 0.2) is 0 Å². The smallest absolute Gasteiger partial charge is 0.0164 e. The van der Waals surface area contributed by atoms with Gasteiger partial charge in [0.05, 0.1) is 0 Å². The highest BCUT2D eigenvalue weighted by Crippen LogP contribution is 2.61. The van der Waals surface area contributed by atoms with Gasteiger partial charge in [0.15, 0.2) is 0 Å². The van der Waals surface area contributed by atoms with Crippen molar-refractivity contribution in [3.05, 3.63) is 0 Å². The predicted octanol–water partition coefficient (Wildman–Crippen LogP) is 14.3. The van der Waals surface area contributed by atoms with Gasteiger partial charge in [-0.15, -0.1) is 0 Å². The Morgan fingerprint density at radius 3 is 1.00 bits per heavy atom. The maximum Gasteiger partial charge on any atom is 0.0164 e. The first kappa shape index (κ1) is 42.1. The van der Waals surface area contributed by atoms with Crippen LogP contribution in [0.4, 0.5) is 0 Å². The molecule has 2 nitrogen and oxygen atoms in total. The van der Waals surface area contributed by atoms with Crippen LogP contribution < -0.4 is 0 Å². The maximum absolute atomic E-state index is 3.51. The summed E-state index contributed by atoms with van der Waals surface area (Å²) >= 11 is 0. The lowest BCUT2D eigenvalue weighted by Gasteiger charge is -2.67. The second-order valence-corrected chi connectivity index (χ2v) is 25.0. The normalized spacial score (nSPS) is 48.3. The van der Waals surface area contributed by atoms with E-state index in [0.717, 1.165) is 107 Å². The first-order chi connectivity index (χ1) is 25.5. The highest BCUT2D eigenvalue weighted by molar-refractivity contribution is 5.13. The SMILES string of the molecule is CC1CCC(N(C2CCC(C)CC2)C2C3CC(C(C)(C)C)CCC3C(N(C3CCC(C)CC3)C3C(C)CC(C)CC3C)C3CC(C(C)(C)C)CCC32)CC1. The minimum Gasteiger partial charge on any atom is -0.294 e. The van der Waals surface area contributed by atoms with Gasteiger partial charge in [-0.1, -0.05) is 83.1 Å². The molecule has 7 aliphatic rings. The van der Waals surface area contributed by atoms with E-state index in [1.807, 2.05) is 0 Å². The maximum atomic E-state index is 3.51. The zero-order valence-corrected chi connectivity index (χ0v) is 38.4. The van der Waals surface area contributed by atoms with E-state index < -0.39 is 0 Å². The fraction of sp³-hybridized carbons (Fsp3) is 1.00. The average Bonchev–Trinajstić information content (AvgIpc) is 3.10. The summed E-state index contributed by atoms with van der Waals surface area (Å²) in [7, 11) is 0. The molecule has 54 heavy (non-hydrogen) atoms. The van der Waals surface area contributed by atoms with Crippen LogP contribution in [-0.4, -0.2) is 46.1 Å². The molecular formula is C52H94N2. The van der Waals surface area contributed by atoms with Crippen LogP contribution in [0, 0.1) is 81.8 Å². The summed E-state index contributed by atoms with van der Waals surface area (Å²) in [5.41, 5.74) is 0.829. The highest BCUT2D eigenvalue weighted by Gasteiger charge is 2.60. The topological polar surface area (TPSA) is 6.48 Å². The molecule has 7 aliphatic carbocycles. The third-order valence-corrected chi connectivity index (χ3v) is 19.1. The van der Waals surface area contributed by atoms with Crippen LogP contribution in [-0.2, 0) is 0 Å². The van der Waals surface area contributed by atoms with Gasteiger partial charge in [0.1, 0.15) is 0 Å². The molecule has 312 valence electrons. The largest absolute Gasteiger partial charge is 0.294 e. The summed E-state index contributed by atoms with van der Waals surface area (Å²) in [6.07, 6.45) is 29.7. The Balaban J connectivity index is 1.37. The number of fused-ring (bicyclic) bond motifs is 2. The van der Waals surface area contributed by atoms with Crippen molar-refractivity contribution < 1.29 is 0 Å². The molecular weight excluding hydrogens is 653 g/mol. The number of hydrogen-bond donors (Lipinski definition) is 0. The fourth-order valence-electron chi connectivity index (χ4n) is 16.1. The summed E-state index contributed by atoms with van der Waals surface area (Å²) in [6.45, 7) is 31.5. The first-order valence-corrected chi connectivity index (χ1v) is 25.1.